The Morgan fingerprint density at radius 1 is 0.309 bits per heavy atom. The van der Waals surface area contributed by atoms with Gasteiger partial charge in [0.05, 0.1) is 5.69 Å². The zero-order valence-electron chi connectivity index (χ0n) is 31.8. The SMILES string of the molecule is CC1(C)c2ccccc2-c2cc(N(c3ccc(-c4ccccc4)c(-c4ccccc4)c3)c3ccccc3-c3cccc4c3-c3ccccc3C4(C)C)ccc21. The molecule has 8 aromatic rings. The van der Waals surface area contributed by atoms with Gasteiger partial charge < -0.3 is 4.90 Å². The molecule has 0 aliphatic heterocycles. The molecule has 264 valence electrons. The van der Waals surface area contributed by atoms with Crippen LogP contribution >= 0.6 is 0 Å². The van der Waals surface area contributed by atoms with E-state index in [2.05, 4.69) is 221 Å². The third-order valence-electron chi connectivity index (χ3n) is 12.3. The maximum atomic E-state index is 2.50. The minimum absolute atomic E-state index is 0.0736. The van der Waals surface area contributed by atoms with Crippen LogP contribution in [0.5, 0.6) is 0 Å². The average molecular weight is 706 g/mol. The van der Waals surface area contributed by atoms with Gasteiger partial charge in [0, 0.05) is 27.8 Å². The van der Waals surface area contributed by atoms with Gasteiger partial charge in [-0.15, -0.1) is 0 Å². The highest BCUT2D eigenvalue weighted by Gasteiger charge is 2.38. The fourth-order valence-electron chi connectivity index (χ4n) is 9.55. The van der Waals surface area contributed by atoms with Crippen molar-refractivity contribution in [1.82, 2.24) is 0 Å². The van der Waals surface area contributed by atoms with E-state index in [0.29, 0.717) is 0 Å². The molecule has 55 heavy (non-hydrogen) atoms. The summed E-state index contributed by atoms with van der Waals surface area (Å²) in [5, 5.41) is 0. The molecule has 8 aromatic carbocycles. The van der Waals surface area contributed by atoms with Gasteiger partial charge in [0.15, 0.2) is 0 Å². The summed E-state index contributed by atoms with van der Waals surface area (Å²) in [6.07, 6.45) is 0. The summed E-state index contributed by atoms with van der Waals surface area (Å²) in [7, 11) is 0. The van der Waals surface area contributed by atoms with Gasteiger partial charge in [-0.05, 0) is 103 Å². The Morgan fingerprint density at radius 3 is 1.49 bits per heavy atom. The first kappa shape index (κ1) is 33.2. The highest BCUT2D eigenvalue weighted by Crippen LogP contribution is 2.55. The van der Waals surface area contributed by atoms with E-state index in [9.17, 15) is 0 Å². The summed E-state index contributed by atoms with van der Waals surface area (Å²) in [4.78, 5) is 2.50. The summed E-state index contributed by atoms with van der Waals surface area (Å²) in [6.45, 7) is 9.44. The summed E-state index contributed by atoms with van der Waals surface area (Å²) >= 11 is 0. The quantitative estimate of drug-likeness (QED) is 0.166. The molecule has 0 N–H and O–H groups in total. The Hall–Kier alpha value is -6.44. The van der Waals surface area contributed by atoms with Gasteiger partial charge in [-0.25, -0.2) is 0 Å². The Morgan fingerprint density at radius 2 is 0.782 bits per heavy atom. The van der Waals surface area contributed by atoms with Gasteiger partial charge in [-0.2, -0.15) is 0 Å². The van der Waals surface area contributed by atoms with E-state index in [-0.39, 0.29) is 10.8 Å². The van der Waals surface area contributed by atoms with Gasteiger partial charge in [0.2, 0.25) is 0 Å². The highest BCUT2D eigenvalue weighted by atomic mass is 15.1. The zero-order valence-corrected chi connectivity index (χ0v) is 31.8. The third kappa shape index (κ3) is 5.14. The number of para-hydroxylation sites is 1. The van der Waals surface area contributed by atoms with Crippen molar-refractivity contribution in [2.45, 2.75) is 38.5 Å². The number of benzene rings is 8. The first-order valence-corrected chi connectivity index (χ1v) is 19.4. The molecule has 2 aliphatic rings. The van der Waals surface area contributed by atoms with E-state index in [1.807, 2.05) is 0 Å². The van der Waals surface area contributed by atoms with Crippen LogP contribution in [0.4, 0.5) is 17.1 Å². The molecule has 0 spiro atoms. The zero-order chi connectivity index (χ0) is 37.3. The molecule has 0 radical (unpaired) electrons. The van der Waals surface area contributed by atoms with Crippen LogP contribution in [0.1, 0.15) is 49.9 Å². The van der Waals surface area contributed by atoms with Crippen molar-refractivity contribution in [1.29, 1.82) is 0 Å². The highest BCUT2D eigenvalue weighted by molar-refractivity contribution is 5.99. The average Bonchev–Trinajstić information content (AvgIpc) is 3.61. The van der Waals surface area contributed by atoms with E-state index in [1.165, 1.54) is 77.9 Å². The fraction of sp³-hybridized carbons (Fsp3) is 0.111. The van der Waals surface area contributed by atoms with E-state index in [0.717, 1.165) is 17.1 Å². The predicted octanol–water partition coefficient (Wildman–Crippen LogP) is 14.8. The molecule has 0 heterocycles. The molecule has 0 amide bonds. The molecule has 0 aromatic heterocycles. The van der Waals surface area contributed by atoms with Crippen LogP contribution in [0, 0.1) is 0 Å². The van der Waals surface area contributed by atoms with Crippen molar-refractivity contribution in [3.8, 4) is 55.6 Å². The normalized spacial score (nSPS) is 14.1. The fourth-order valence-corrected chi connectivity index (χ4v) is 9.55. The van der Waals surface area contributed by atoms with Crippen molar-refractivity contribution in [3.05, 3.63) is 210 Å². The molecule has 0 fully saturated rings. The summed E-state index contributed by atoms with van der Waals surface area (Å²) in [5.41, 5.74) is 21.3. The Labute approximate surface area is 325 Å². The van der Waals surface area contributed by atoms with Gasteiger partial charge >= 0.3 is 0 Å². The largest absolute Gasteiger partial charge is 0.310 e. The van der Waals surface area contributed by atoms with E-state index >= 15 is 0 Å². The molecule has 0 bridgehead atoms. The molecule has 0 unspecified atom stereocenters. The molecule has 10 rings (SSSR count). The smallest absolute Gasteiger partial charge is 0.0540 e. The lowest BCUT2D eigenvalue weighted by molar-refractivity contribution is 0.660. The van der Waals surface area contributed by atoms with Crippen LogP contribution < -0.4 is 4.90 Å². The van der Waals surface area contributed by atoms with Crippen LogP contribution in [0.15, 0.2) is 188 Å². The Balaban J connectivity index is 1.24. The standard InChI is InChI=1S/C54H43N/c1-53(2)47-26-14-11-22-41(47)46-35-39(31-33-49(46)53)55(38-30-32-40(36-18-7-5-8-19-36)45(34-38)37-20-9-6-10-21-37)51-29-16-13-23-42(51)43-25-17-28-50-52(43)44-24-12-15-27-48(44)54(50,3)4/h5-35H,1-4H3. The number of anilines is 3. The van der Waals surface area contributed by atoms with Crippen LogP contribution in [-0.2, 0) is 10.8 Å². The van der Waals surface area contributed by atoms with Gasteiger partial charge in [0.1, 0.15) is 0 Å². The molecule has 1 nitrogen and oxygen atoms in total. The van der Waals surface area contributed by atoms with Crippen LogP contribution in [0.2, 0.25) is 0 Å². The van der Waals surface area contributed by atoms with Crippen LogP contribution in [-0.4, -0.2) is 0 Å². The predicted molar refractivity (Wildman–Crippen MR) is 233 cm³/mol. The Bertz CT molecular complexity index is 2750. The molecule has 0 atom stereocenters. The van der Waals surface area contributed by atoms with E-state index in [1.54, 1.807) is 0 Å². The van der Waals surface area contributed by atoms with Crippen LogP contribution in [0.3, 0.4) is 0 Å². The van der Waals surface area contributed by atoms with Crippen molar-refractivity contribution in [2.24, 2.45) is 0 Å². The summed E-state index contributed by atoms with van der Waals surface area (Å²) < 4.78 is 0. The van der Waals surface area contributed by atoms with E-state index < -0.39 is 0 Å². The Kier molecular flexibility index (Phi) is 7.58. The summed E-state index contributed by atoms with van der Waals surface area (Å²) in [6, 6.07) is 69.6. The van der Waals surface area contributed by atoms with Gasteiger partial charge in [-0.3, -0.25) is 0 Å². The second-order valence-electron chi connectivity index (χ2n) is 16.1. The van der Waals surface area contributed by atoms with E-state index in [4.69, 9.17) is 0 Å². The molecular weight excluding hydrogens is 663 g/mol. The molecule has 0 saturated carbocycles. The topological polar surface area (TPSA) is 3.24 Å². The molecule has 1 heteroatoms. The first-order valence-electron chi connectivity index (χ1n) is 19.4. The lowest BCUT2D eigenvalue weighted by atomic mass is 9.82. The third-order valence-corrected chi connectivity index (χ3v) is 12.3. The first-order chi connectivity index (χ1) is 26.8. The number of hydrogen-bond donors (Lipinski definition) is 0. The molecular formula is C54H43N. The lowest BCUT2D eigenvalue weighted by Crippen LogP contribution is -2.16. The number of nitrogens with zero attached hydrogens (tertiary/aromatic N) is 1. The summed E-state index contributed by atoms with van der Waals surface area (Å²) in [5.74, 6) is 0. The van der Waals surface area contributed by atoms with Crippen molar-refractivity contribution >= 4 is 17.1 Å². The van der Waals surface area contributed by atoms with Crippen molar-refractivity contribution < 1.29 is 0 Å². The van der Waals surface area contributed by atoms with Crippen molar-refractivity contribution in [2.75, 3.05) is 4.90 Å². The minimum Gasteiger partial charge on any atom is -0.310 e. The number of hydrogen-bond acceptors (Lipinski definition) is 1. The van der Waals surface area contributed by atoms with Crippen molar-refractivity contribution in [3.63, 3.8) is 0 Å². The minimum atomic E-state index is -0.0887. The molecule has 2 aliphatic carbocycles. The van der Waals surface area contributed by atoms with Crippen LogP contribution in [0.25, 0.3) is 55.6 Å². The maximum Gasteiger partial charge on any atom is 0.0540 e. The second-order valence-corrected chi connectivity index (χ2v) is 16.1. The maximum absolute atomic E-state index is 2.50. The lowest BCUT2D eigenvalue weighted by Gasteiger charge is -2.30. The van der Waals surface area contributed by atoms with Gasteiger partial charge in [0.25, 0.3) is 0 Å². The van der Waals surface area contributed by atoms with Gasteiger partial charge in [-0.1, -0.05) is 185 Å². The second kappa shape index (κ2) is 12.6. The monoisotopic (exact) mass is 705 g/mol. The number of fused-ring (bicyclic) bond motifs is 6. The number of rotatable bonds is 6. The molecule has 0 saturated heterocycles.